The molecular weight excluding hydrogens is 491 g/mol. The Hall–Kier alpha value is -2.92. The molecule has 0 saturated carbocycles. The van der Waals surface area contributed by atoms with Crippen LogP contribution in [0.1, 0.15) is 22.5 Å². The number of rotatable bonds is 5. The quantitative estimate of drug-likeness (QED) is 0.280. The Morgan fingerprint density at radius 2 is 1.74 bits per heavy atom. The molecule has 1 aliphatic heterocycles. The highest BCUT2D eigenvalue weighted by atomic mass is 32.2. The lowest BCUT2D eigenvalue weighted by Gasteiger charge is -2.19. The summed E-state index contributed by atoms with van der Waals surface area (Å²) in [5, 5.41) is 2.42. The van der Waals surface area contributed by atoms with Crippen molar-refractivity contribution in [2.24, 2.45) is 4.99 Å². The van der Waals surface area contributed by atoms with Gasteiger partial charge in [-0.1, -0.05) is 29.6 Å². The number of aryl methyl sites for hydroxylation is 1. The average molecular weight is 511 g/mol. The van der Waals surface area contributed by atoms with Crippen molar-refractivity contribution in [1.82, 2.24) is 15.4 Å². The van der Waals surface area contributed by atoms with E-state index in [0.29, 0.717) is 33.2 Å². The van der Waals surface area contributed by atoms with E-state index in [1.807, 2.05) is 25.3 Å². The number of thioether (sulfide) groups is 2. The number of amidine groups is 1. The minimum absolute atomic E-state index is 0.434. The molecule has 0 saturated heterocycles. The zero-order valence-corrected chi connectivity index (χ0v) is 19.6. The van der Waals surface area contributed by atoms with Crippen LogP contribution in [0.15, 0.2) is 69.9 Å². The zero-order chi connectivity index (χ0) is 24.5. The van der Waals surface area contributed by atoms with Crippen LogP contribution in [0, 0.1) is 13.8 Å². The normalized spacial score (nSPS) is 15.3. The van der Waals surface area contributed by atoms with Crippen molar-refractivity contribution in [2.45, 2.75) is 30.7 Å². The molecule has 2 N–H and O–H groups in total. The van der Waals surface area contributed by atoms with Crippen LogP contribution in [-0.4, -0.2) is 15.5 Å². The Balaban J connectivity index is 1.54. The van der Waals surface area contributed by atoms with E-state index in [2.05, 4.69) is 15.8 Å². The number of nitrogens with one attached hydrogen (secondary N) is 2. The molecule has 3 aromatic rings. The Bertz CT molecular complexity index is 1250. The van der Waals surface area contributed by atoms with Crippen molar-refractivity contribution in [3.8, 4) is 5.69 Å². The number of aliphatic imine (C=N–C) groups is 1. The van der Waals surface area contributed by atoms with Gasteiger partial charge in [0.15, 0.2) is 5.17 Å². The summed E-state index contributed by atoms with van der Waals surface area (Å²) in [5.41, 5.74) is 9.57. The maximum Gasteiger partial charge on any atom is 0.416 e. The van der Waals surface area contributed by atoms with Crippen LogP contribution in [0.2, 0.25) is 0 Å². The highest BCUT2D eigenvalue weighted by Gasteiger charge is 2.30. The molecular formula is C23H19F5N4S2. The van der Waals surface area contributed by atoms with Crippen molar-refractivity contribution >= 4 is 40.1 Å². The summed E-state index contributed by atoms with van der Waals surface area (Å²) < 4.78 is 66.2. The molecule has 1 aromatic heterocycles. The second kappa shape index (κ2) is 9.75. The predicted octanol–water partition coefficient (Wildman–Crippen LogP) is 7.25. The summed E-state index contributed by atoms with van der Waals surface area (Å²) in [6.45, 7) is 3.68. The van der Waals surface area contributed by atoms with Gasteiger partial charge in [-0.3, -0.25) is 10.9 Å². The van der Waals surface area contributed by atoms with Gasteiger partial charge in [0.2, 0.25) is 0 Å². The Labute approximate surface area is 201 Å². The maximum absolute atomic E-state index is 13.2. The van der Waals surface area contributed by atoms with Gasteiger partial charge in [-0.2, -0.15) is 22.0 Å². The van der Waals surface area contributed by atoms with Crippen molar-refractivity contribution in [1.29, 1.82) is 0 Å². The van der Waals surface area contributed by atoms with E-state index in [0.717, 1.165) is 34.8 Å². The first-order valence-corrected chi connectivity index (χ1v) is 11.8. The molecule has 0 spiro atoms. The highest BCUT2D eigenvalue weighted by Crippen LogP contribution is 2.33. The van der Waals surface area contributed by atoms with Crippen LogP contribution in [0.25, 0.3) is 11.4 Å². The van der Waals surface area contributed by atoms with Gasteiger partial charge in [0.25, 0.3) is 5.76 Å². The molecule has 0 radical (unpaired) electrons. The Kier molecular flexibility index (Phi) is 6.94. The number of benzene rings is 2. The van der Waals surface area contributed by atoms with Crippen LogP contribution < -0.4 is 10.9 Å². The number of nitrogens with zero attached hydrogens (tertiary/aromatic N) is 2. The third kappa shape index (κ3) is 5.41. The van der Waals surface area contributed by atoms with Gasteiger partial charge < -0.3 is 4.57 Å². The van der Waals surface area contributed by atoms with Crippen LogP contribution in [0.3, 0.4) is 0 Å². The molecule has 0 fully saturated rings. The standard InChI is InChI=1S/C23H19F5N4S2/c1-13-10-19(14(2)32(13)17-5-3-4-15(11-17)23(26,27)28)20-12-33-22(31-30-20)29-16-6-8-18(9-7-16)34-21(24)25/h3-12,21,30H,1-2H3,(H,29,31). The minimum atomic E-state index is -4.42. The van der Waals surface area contributed by atoms with E-state index in [-0.39, 0.29) is 0 Å². The average Bonchev–Trinajstić information content (AvgIpc) is 3.08. The molecule has 0 atom stereocenters. The van der Waals surface area contributed by atoms with Crippen molar-refractivity contribution in [2.75, 3.05) is 0 Å². The maximum atomic E-state index is 13.2. The van der Waals surface area contributed by atoms with Gasteiger partial charge >= 0.3 is 6.18 Å². The lowest BCUT2D eigenvalue weighted by atomic mass is 10.2. The van der Waals surface area contributed by atoms with E-state index < -0.39 is 17.5 Å². The molecule has 4 nitrogen and oxygen atoms in total. The first-order valence-electron chi connectivity index (χ1n) is 10.0. The summed E-state index contributed by atoms with van der Waals surface area (Å²) in [6.07, 6.45) is -4.42. The Morgan fingerprint density at radius 1 is 1.00 bits per heavy atom. The third-order valence-electron chi connectivity index (χ3n) is 5.04. The fraction of sp³-hybridized carbons (Fsp3) is 0.174. The van der Waals surface area contributed by atoms with Crippen molar-refractivity contribution in [3.63, 3.8) is 0 Å². The van der Waals surface area contributed by atoms with Crippen LogP contribution in [0.4, 0.5) is 27.6 Å². The van der Waals surface area contributed by atoms with Crippen LogP contribution in [0.5, 0.6) is 0 Å². The molecule has 0 amide bonds. The van der Waals surface area contributed by atoms with E-state index in [1.54, 1.807) is 34.9 Å². The monoisotopic (exact) mass is 510 g/mol. The number of hydrazine groups is 1. The topological polar surface area (TPSA) is 41.4 Å². The largest absolute Gasteiger partial charge is 0.416 e. The lowest BCUT2D eigenvalue weighted by molar-refractivity contribution is -0.137. The molecule has 178 valence electrons. The van der Waals surface area contributed by atoms with E-state index in [9.17, 15) is 22.0 Å². The first kappa shape index (κ1) is 24.2. The van der Waals surface area contributed by atoms with Gasteiger partial charge in [-0.05, 0) is 62.4 Å². The second-order valence-electron chi connectivity index (χ2n) is 7.36. The molecule has 0 unspecified atom stereocenters. The molecule has 0 bridgehead atoms. The predicted molar refractivity (Wildman–Crippen MR) is 127 cm³/mol. The fourth-order valence-electron chi connectivity index (χ4n) is 3.55. The summed E-state index contributed by atoms with van der Waals surface area (Å²) in [7, 11) is 0. The number of alkyl halides is 5. The van der Waals surface area contributed by atoms with Gasteiger partial charge in [0.05, 0.1) is 16.9 Å². The van der Waals surface area contributed by atoms with E-state index in [1.165, 1.54) is 17.8 Å². The minimum Gasteiger partial charge on any atom is -0.318 e. The van der Waals surface area contributed by atoms with Gasteiger partial charge in [-0.15, -0.1) is 0 Å². The fourth-order valence-corrected chi connectivity index (χ4v) is 4.74. The van der Waals surface area contributed by atoms with Gasteiger partial charge in [0, 0.05) is 32.9 Å². The number of halogens is 5. The number of hydrogen-bond acceptors (Lipinski definition) is 4. The number of hydrogen-bond donors (Lipinski definition) is 2. The second-order valence-corrected chi connectivity index (χ2v) is 9.28. The van der Waals surface area contributed by atoms with Crippen LogP contribution >= 0.6 is 23.5 Å². The zero-order valence-electron chi connectivity index (χ0n) is 18.0. The summed E-state index contributed by atoms with van der Waals surface area (Å²) in [6, 6.07) is 13.6. The Morgan fingerprint density at radius 3 is 2.35 bits per heavy atom. The highest BCUT2D eigenvalue weighted by molar-refractivity contribution is 8.16. The van der Waals surface area contributed by atoms with Crippen molar-refractivity contribution < 1.29 is 22.0 Å². The molecule has 4 rings (SSSR count). The molecule has 0 aliphatic carbocycles. The molecule has 2 heterocycles. The van der Waals surface area contributed by atoms with Crippen molar-refractivity contribution in [3.05, 3.63) is 82.5 Å². The number of aromatic nitrogens is 1. The molecule has 1 aliphatic rings. The van der Waals surface area contributed by atoms with E-state index in [4.69, 9.17) is 0 Å². The third-order valence-corrected chi connectivity index (χ3v) is 6.53. The molecule has 2 aromatic carbocycles. The molecule has 11 heteroatoms. The summed E-state index contributed by atoms with van der Waals surface area (Å²) in [4.78, 5) is 4.90. The van der Waals surface area contributed by atoms with Gasteiger partial charge in [-0.25, -0.2) is 4.99 Å². The smallest absolute Gasteiger partial charge is 0.318 e. The van der Waals surface area contributed by atoms with Gasteiger partial charge in [0.1, 0.15) is 0 Å². The first-order chi connectivity index (χ1) is 16.1. The summed E-state index contributed by atoms with van der Waals surface area (Å²) in [5.74, 6) is -2.48. The SMILES string of the molecule is Cc1cc(C2=CSC(=Nc3ccc(SC(F)F)cc3)NN2)c(C)n1-c1cccc(C(F)(F)F)c1. The van der Waals surface area contributed by atoms with Crippen LogP contribution in [-0.2, 0) is 6.18 Å². The molecule has 34 heavy (non-hydrogen) atoms. The lowest BCUT2D eigenvalue weighted by Crippen LogP contribution is -2.36. The summed E-state index contributed by atoms with van der Waals surface area (Å²) >= 11 is 1.81. The van der Waals surface area contributed by atoms with E-state index >= 15 is 0 Å².